The van der Waals surface area contributed by atoms with Crippen LogP contribution in [0.5, 0.6) is 0 Å². The average Bonchev–Trinajstić information content (AvgIpc) is 3.03. The third kappa shape index (κ3) is 3.79. The number of nitrogens with zero attached hydrogens (tertiary/aromatic N) is 1. The van der Waals surface area contributed by atoms with E-state index in [1.807, 2.05) is 13.8 Å². The molecule has 1 aliphatic heterocycles. The molecular weight excluding hydrogens is 328 g/mol. The molecule has 1 aromatic carbocycles. The van der Waals surface area contributed by atoms with Gasteiger partial charge in [0.2, 0.25) is 10.0 Å². The second kappa shape index (κ2) is 7.21. The summed E-state index contributed by atoms with van der Waals surface area (Å²) < 4.78 is 31.7. The van der Waals surface area contributed by atoms with Crippen LogP contribution in [0.25, 0.3) is 0 Å². The smallest absolute Gasteiger partial charge is 0.251 e. The van der Waals surface area contributed by atoms with Crippen molar-refractivity contribution in [3.05, 3.63) is 28.8 Å². The predicted octanol–water partition coefficient (Wildman–Crippen LogP) is 1.85. The van der Waals surface area contributed by atoms with Crippen molar-refractivity contribution in [2.75, 3.05) is 20.7 Å². The number of amides is 1. The molecule has 1 aromatic rings. The van der Waals surface area contributed by atoms with E-state index < -0.39 is 10.0 Å². The molecule has 0 spiro atoms. The molecule has 1 amide bonds. The van der Waals surface area contributed by atoms with Gasteiger partial charge in [-0.15, -0.1) is 0 Å². The van der Waals surface area contributed by atoms with Gasteiger partial charge in [0.15, 0.2) is 0 Å². The van der Waals surface area contributed by atoms with Gasteiger partial charge in [-0.25, -0.2) is 12.7 Å². The number of carbonyl (C=O) groups is 1. The van der Waals surface area contributed by atoms with Crippen LogP contribution in [0.3, 0.4) is 0 Å². The van der Waals surface area contributed by atoms with E-state index in [0.29, 0.717) is 11.1 Å². The Balaban J connectivity index is 2.30. The van der Waals surface area contributed by atoms with Gasteiger partial charge in [0, 0.05) is 26.3 Å². The predicted molar refractivity (Wildman–Crippen MR) is 92.7 cm³/mol. The molecule has 0 radical (unpaired) electrons. The second-order valence-corrected chi connectivity index (χ2v) is 8.64. The van der Waals surface area contributed by atoms with Gasteiger partial charge >= 0.3 is 0 Å². The summed E-state index contributed by atoms with van der Waals surface area (Å²) in [7, 11) is -0.637. The lowest BCUT2D eigenvalue weighted by Crippen LogP contribution is -2.41. The number of aryl methyl sites for hydroxylation is 1. The minimum Gasteiger partial charge on any atom is -0.376 e. The molecule has 6 nitrogen and oxygen atoms in total. The molecule has 1 saturated heterocycles. The number of nitrogens with one attached hydrogen (secondary N) is 1. The summed E-state index contributed by atoms with van der Waals surface area (Å²) in [5.41, 5.74) is 1.78. The van der Waals surface area contributed by atoms with Crippen molar-refractivity contribution >= 4 is 15.9 Å². The van der Waals surface area contributed by atoms with E-state index in [4.69, 9.17) is 4.74 Å². The van der Waals surface area contributed by atoms with Crippen LogP contribution in [-0.2, 0) is 14.8 Å². The monoisotopic (exact) mass is 354 g/mol. The zero-order valence-corrected chi connectivity index (χ0v) is 15.7. The van der Waals surface area contributed by atoms with Crippen molar-refractivity contribution in [1.82, 2.24) is 9.62 Å². The van der Waals surface area contributed by atoms with Crippen molar-refractivity contribution in [3.63, 3.8) is 0 Å². The molecule has 1 fully saturated rings. The van der Waals surface area contributed by atoms with Crippen LogP contribution in [0.2, 0.25) is 0 Å². The van der Waals surface area contributed by atoms with Crippen LogP contribution in [0, 0.1) is 13.8 Å². The number of hydrogen-bond donors (Lipinski definition) is 1. The van der Waals surface area contributed by atoms with E-state index in [1.165, 1.54) is 20.2 Å². The fourth-order valence-corrected chi connectivity index (χ4v) is 4.02. The standard InChI is InChI=1S/C17H26N2O4S/c1-11-9-14(10-16(12(11)2)24(21,22)19(4)5)17(20)18-13(3)15-7-6-8-23-15/h9-10,13,15H,6-8H2,1-5H3,(H,18,20)/t13-,15+/m0/s1. The average molecular weight is 354 g/mol. The first kappa shape index (κ1) is 18.9. The van der Waals surface area contributed by atoms with Crippen molar-refractivity contribution in [2.24, 2.45) is 0 Å². The lowest BCUT2D eigenvalue weighted by molar-refractivity contribution is 0.0712. The first-order chi connectivity index (χ1) is 11.1. The number of carbonyl (C=O) groups excluding carboxylic acids is 1. The summed E-state index contributed by atoms with van der Waals surface area (Å²) in [6.45, 7) is 6.19. The largest absolute Gasteiger partial charge is 0.376 e. The fraction of sp³-hybridized carbons (Fsp3) is 0.588. The van der Waals surface area contributed by atoms with Gasteiger partial charge in [0.25, 0.3) is 5.91 Å². The highest BCUT2D eigenvalue weighted by atomic mass is 32.2. The van der Waals surface area contributed by atoms with E-state index in [2.05, 4.69) is 5.32 Å². The third-order valence-electron chi connectivity index (χ3n) is 4.52. The molecule has 0 bridgehead atoms. The summed E-state index contributed by atoms with van der Waals surface area (Å²) in [4.78, 5) is 12.7. The highest BCUT2D eigenvalue weighted by molar-refractivity contribution is 7.89. The van der Waals surface area contributed by atoms with Gasteiger partial charge in [-0.2, -0.15) is 0 Å². The highest BCUT2D eigenvalue weighted by Gasteiger charge is 2.26. The first-order valence-electron chi connectivity index (χ1n) is 8.11. The Hall–Kier alpha value is -1.44. The van der Waals surface area contributed by atoms with Crippen molar-refractivity contribution < 1.29 is 17.9 Å². The normalized spacial score (nSPS) is 19.5. The zero-order valence-electron chi connectivity index (χ0n) is 14.9. The highest BCUT2D eigenvalue weighted by Crippen LogP contribution is 2.24. The topological polar surface area (TPSA) is 75.7 Å². The zero-order chi connectivity index (χ0) is 18.1. The number of sulfonamides is 1. The van der Waals surface area contributed by atoms with E-state index in [9.17, 15) is 13.2 Å². The van der Waals surface area contributed by atoms with Crippen LogP contribution in [0.15, 0.2) is 17.0 Å². The van der Waals surface area contributed by atoms with Crippen LogP contribution in [0.4, 0.5) is 0 Å². The fourth-order valence-electron chi connectivity index (χ4n) is 2.80. The minimum atomic E-state index is -3.60. The molecular formula is C17H26N2O4S. The second-order valence-electron chi connectivity index (χ2n) is 6.52. The maximum atomic E-state index is 12.5. The molecule has 1 aliphatic rings. The Morgan fingerprint density at radius 3 is 2.54 bits per heavy atom. The molecule has 2 atom stereocenters. The maximum Gasteiger partial charge on any atom is 0.251 e. The molecule has 1 N–H and O–H groups in total. The summed E-state index contributed by atoms with van der Waals surface area (Å²) >= 11 is 0. The minimum absolute atomic E-state index is 0.0190. The van der Waals surface area contributed by atoms with Crippen molar-refractivity contribution in [1.29, 1.82) is 0 Å². The molecule has 24 heavy (non-hydrogen) atoms. The number of rotatable bonds is 5. The molecule has 2 rings (SSSR count). The molecule has 0 aliphatic carbocycles. The van der Waals surface area contributed by atoms with E-state index in [0.717, 1.165) is 29.3 Å². The molecule has 7 heteroatoms. The lowest BCUT2D eigenvalue weighted by atomic mass is 10.0. The van der Waals surface area contributed by atoms with Crippen molar-refractivity contribution in [2.45, 2.75) is 50.7 Å². The van der Waals surface area contributed by atoms with Crippen LogP contribution < -0.4 is 5.32 Å². The Morgan fingerprint density at radius 1 is 1.33 bits per heavy atom. The molecule has 1 heterocycles. The van der Waals surface area contributed by atoms with Crippen LogP contribution in [0.1, 0.15) is 41.3 Å². The quantitative estimate of drug-likeness (QED) is 0.876. The van der Waals surface area contributed by atoms with Crippen LogP contribution in [-0.4, -0.2) is 51.5 Å². The Kier molecular flexibility index (Phi) is 5.67. The van der Waals surface area contributed by atoms with Gasteiger partial charge in [-0.1, -0.05) is 0 Å². The SMILES string of the molecule is Cc1cc(C(=O)N[C@@H](C)[C@H]2CCCO2)cc(S(=O)(=O)N(C)C)c1C. The summed E-state index contributed by atoms with van der Waals surface area (Å²) in [6.07, 6.45) is 1.94. The summed E-state index contributed by atoms with van der Waals surface area (Å²) in [5, 5.41) is 2.92. The van der Waals surface area contributed by atoms with E-state index in [-0.39, 0.29) is 22.9 Å². The summed E-state index contributed by atoms with van der Waals surface area (Å²) in [6, 6.07) is 3.06. The molecule has 134 valence electrons. The van der Waals surface area contributed by atoms with Gasteiger partial charge < -0.3 is 10.1 Å². The third-order valence-corrected chi connectivity index (χ3v) is 6.46. The number of benzene rings is 1. The van der Waals surface area contributed by atoms with E-state index in [1.54, 1.807) is 13.0 Å². The Morgan fingerprint density at radius 2 is 2.00 bits per heavy atom. The Bertz CT molecular complexity index is 722. The Labute approximate surface area is 144 Å². The molecule has 0 unspecified atom stereocenters. The first-order valence-corrected chi connectivity index (χ1v) is 9.55. The summed E-state index contributed by atoms with van der Waals surface area (Å²) in [5.74, 6) is -0.281. The number of hydrogen-bond acceptors (Lipinski definition) is 4. The van der Waals surface area contributed by atoms with Gasteiger partial charge in [0.1, 0.15) is 0 Å². The van der Waals surface area contributed by atoms with Gasteiger partial charge in [-0.05, 0) is 56.9 Å². The maximum absolute atomic E-state index is 12.5. The molecule has 0 saturated carbocycles. The van der Waals surface area contributed by atoms with Gasteiger partial charge in [0.05, 0.1) is 17.0 Å². The van der Waals surface area contributed by atoms with Crippen molar-refractivity contribution in [3.8, 4) is 0 Å². The van der Waals surface area contributed by atoms with Gasteiger partial charge in [-0.3, -0.25) is 4.79 Å². The number of ether oxygens (including phenoxy) is 1. The lowest BCUT2D eigenvalue weighted by Gasteiger charge is -2.21. The van der Waals surface area contributed by atoms with Crippen LogP contribution >= 0.6 is 0 Å². The van der Waals surface area contributed by atoms with E-state index >= 15 is 0 Å². The molecule has 0 aromatic heterocycles.